The van der Waals surface area contributed by atoms with E-state index in [9.17, 15) is 14.9 Å². The van der Waals surface area contributed by atoms with Crippen LogP contribution >= 0.6 is 0 Å². The number of hydrogen-bond acceptors (Lipinski definition) is 10. The second-order valence-corrected chi connectivity index (χ2v) is 6.82. The maximum Gasteiger partial charge on any atom is 0.354 e. The van der Waals surface area contributed by atoms with Gasteiger partial charge in [0, 0.05) is 6.54 Å². The van der Waals surface area contributed by atoms with Gasteiger partial charge < -0.3 is 19.5 Å². The molecular formula is C22H24N6O6. The molecule has 0 saturated heterocycles. The van der Waals surface area contributed by atoms with E-state index in [1.165, 1.54) is 7.11 Å². The van der Waals surface area contributed by atoms with Crippen molar-refractivity contribution in [3.8, 4) is 17.2 Å². The van der Waals surface area contributed by atoms with Crippen LogP contribution in [-0.4, -0.2) is 48.7 Å². The third-order valence-corrected chi connectivity index (χ3v) is 4.80. The van der Waals surface area contributed by atoms with Gasteiger partial charge >= 0.3 is 5.69 Å². The van der Waals surface area contributed by atoms with E-state index in [0.29, 0.717) is 30.2 Å². The third-order valence-electron chi connectivity index (χ3n) is 4.80. The van der Waals surface area contributed by atoms with Crippen LogP contribution in [-0.2, 0) is 6.42 Å². The van der Waals surface area contributed by atoms with Gasteiger partial charge in [-0.3, -0.25) is 25.8 Å². The molecule has 3 N–H and O–H groups in total. The number of aromatic nitrogens is 2. The van der Waals surface area contributed by atoms with Gasteiger partial charge in [0.15, 0.2) is 11.5 Å². The summed E-state index contributed by atoms with van der Waals surface area (Å²) in [6.45, 7) is 0.348. The number of benzene rings is 2. The lowest BCUT2D eigenvalue weighted by molar-refractivity contribution is -0.383. The van der Waals surface area contributed by atoms with Crippen molar-refractivity contribution >= 4 is 23.2 Å². The minimum atomic E-state index is -0.629. The third kappa shape index (κ3) is 5.59. The van der Waals surface area contributed by atoms with Crippen LogP contribution in [0.3, 0.4) is 0 Å². The number of amides is 1. The van der Waals surface area contributed by atoms with Gasteiger partial charge in [-0.2, -0.15) is 0 Å². The molecule has 0 fully saturated rings. The summed E-state index contributed by atoms with van der Waals surface area (Å²) >= 11 is 0. The van der Waals surface area contributed by atoms with Crippen molar-refractivity contribution < 1.29 is 23.9 Å². The molecular weight excluding hydrogens is 444 g/mol. The number of anilines is 2. The molecule has 0 aliphatic rings. The van der Waals surface area contributed by atoms with E-state index < -0.39 is 16.5 Å². The predicted octanol–water partition coefficient (Wildman–Crippen LogP) is 2.82. The van der Waals surface area contributed by atoms with Gasteiger partial charge in [0.2, 0.25) is 11.6 Å². The first-order chi connectivity index (χ1) is 16.5. The van der Waals surface area contributed by atoms with Crippen LogP contribution in [0.4, 0.5) is 17.3 Å². The number of hydrogen-bond donors (Lipinski definition) is 3. The molecule has 0 saturated carbocycles. The number of ether oxygens (including phenoxy) is 3. The molecule has 1 aromatic heterocycles. The minimum Gasteiger partial charge on any atom is -0.496 e. The highest BCUT2D eigenvalue weighted by Gasteiger charge is 2.23. The van der Waals surface area contributed by atoms with Crippen LogP contribution in [0.25, 0.3) is 0 Å². The monoisotopic (exact) mass is 468 g/mol. The number of carbonyl (C=O) groups excluding carboxylic acids is 1. The highest BCUT2D eigenvalue weighted by atomic mass is 16.6. The zero-order valence-corrected chi connectivity index (χ0v) is 18.8. The molecule has 1 amide bonds. The minimum absolute atomic E-state index is 0.00881. The molecule has 0 radical (unpaired) electrons. The molecule has 12 heteroatoms. The fourth-order valence-electron chi connectivity index (χ4n) is 3.15. The molecule has 12 nitrogen and oxygen atoms in total. The average Bonchev–Trinajstić information content (AvgIpc) is 2.86. The Bertz CT molecular complexity index is 1170. The fourth-order valence-corrected chi connectivity index (χ4v) is 3.15. The second-order valence-electron chi connectivity index (χ2n) is 6.82. The molecule has 1 heterocycles. The van der Waals surface area contributed by atoms with E-state index in [-0.39, 0.29) is 17.2 Å². The molecule has 3 rings (SSSR count). The number of nitrogens with zero attached hydrogens (tertiary/aromatic N) is 3. The van der Waals surface area contributed by atoms with Gasteiger partial charge in [-0.05, 0) is 36.2 Å². The lowest BCUT2D eigenvalue weighted by atomic mass is 10.1. The lowest BCUT2D eigenvalue weighted by Gasteiger charge is -2.12. The topological polar surface area (TPSA) is 150 Å². The van der Waals surface area contributed by atoms with Gasteiger partial charge in [-0.25, -0.2) is 9.97 Å². The zero-order chi connectivity index (χ0) is 24.5. The van der Waals surface area contributed by atoms with Crippen LogP contribution in [0.2, 0.25) is 0 Å². The highest BCUT2D eigenvalue weighted by Crippen LogP contribution is 2.30. The number of hydrazine groups is 1. The van der Waals surface area contributed by atoms with Crippen molar-refractivity contribution in [3.63, 3.8) is 0 Å². The van der Waals surface area contributed by atoms with Gasteiger partial charge in [0.1, 0.15) is 12.1 Å². The summed E-state index contributed by atoms with van der Waals surface area (Å²) in [6, 6.07) is 12.1. The van der Waals surface area contributed by atoms with Gasteiger partial charge in [0.05, 0.1) is 31.8 Å². The Balaban J connectivity index is 1.70. The maximum absolute atomic E-state index is 12.5. The molecule has 0 bridgehead atoms. The smallest absolute Gasteiger partial charge is 0.354 e. The normalized spacial score (nSPS) is 10.2. The Hall–Kier alpha value is -4.61. The molecule has 2 aromatic carbocycles. The van der Waals surface area contributed by atoms with E-state index >= 15 is 0 Å². The Labute approximate surface area is 195 Å². The molecule has 0 spiro atoms. The summed E-state index contributed by atoms with van der Waals surface area (Å²) < 4.78 is 15.7. The van der Waals surface area contributed by atoms with Gasteiger partial charge in [-0.1, -0.05) is 18.2 Å². The largest absolute Gasteiger partial charge is 0.496 e. The number of carbonyl (C=O) groups is 1. The van der Waals surface area contributed by atoms with Crippen LogP contribution in [0, 0.1) is 10.1 Å². The predicted molar refractivity (Wildman–Crippen MR) is 125 cm³/mol. The Morgan fingerprint density at radius 1 is 0.971 bits per heavy atom. The van der Waals surface area contributed by atoms with Crippen LogP contribution < -0.4 is 30.4 Å². The zero-order valence-electron chi connectivity index (χ0n) is 18.8. The molecule has 0 aliphatic carbocycles. The van der Waals surface area contributed by atoms with E-state index in [1.807, 2.05) is 12.1 Å². The Morgan fingerprint density at radius 2 is 1.68 bits per heavy atom. The molecule has 3 aromatic rings. The van der Waals surface area contributed by atoms with Crippen LogP contribution in [0.5, 0.6) is 17.2 Å². The van der Waals surface area contributed by atoms with Crippen LogP contribution in [0.15, 0.2) is 48.8 Å². The number of para-hydroxylation sites is 1. The molecule has 34 heavy (non-hydrogen) atoms. The summed E-state index contributed by atoms with van der Waals surface area (Å²) in [5.74, 6) is 0.845. The summed E-state index contributed by atoms with van der Waals surface area (Å²) in [4.78, 5) is 31.5. The van der Waals surface area contributed by atoms with Crippen molar-refractivity contribution in [1.82, 2.24) is 15.4 Å². The highest BCUT2D eigenvalue weighted by molar-refractivity contribution is 5.97. The molecule has 0 atom stereocenters. The SMILES string of the molecule is COc1ccc(CCNc2ncnc(NNC(=O)c3ccccc3OC)c2[N+](=O)[O-])cc1OC. The van der Waals surface area contributed by atoms with Crippen molar-refractivity contribution in [1.29, 1.82) is 0 Å². The first-order valence-corrected chi connectivity index (χ1v) is 10.1. The fraction of sp³-hybridized carbons (Fsp3) is 0.227. The summed E-state index contributed by atoms with van der Waals surface area (Å²) in [5.41, 5.74) is 5.68. The second kappa shape index (κ2) is 11.3. The number of nitro groups is 1. The Morgan fingerprint density at radius 3 is 2.38 bits per heavy atom. The summed E-state index contributed by atoms with van der Waals surface area (Å²) in [5, 5.41) is 14.7. The number of nitrogens with one attached hydrogen (secondary N) is 3. The first-order valence-electron chi connectivity index (χ1n) is 10.1. The van der Waals surface area contributed by atoms with E-state index in [1.54, 1.807) is 44.6 Å². The van der Waals surface area contributed by atoms with E-state index in [2.05, 4.69) is 26.1 Å². The van der Waals surface area contributed by atoms with E-state index in [4.69, 9.17) is 14.2 Å². The van der Waals surface area contributed by atoms with E-state index in [0.717, 1.165) is 11.9 Å². The van der Waals surface area contributed by atoms with Crippen molar-refractivity contribution in [2.75, 3.05) is 38.6 Å². The average molecular weight is 468 g/mol. The standard InChI is InChI=1S/C22H24N6O6/c1-32-16-7-5-4-6-15(16)22(29)27-26-21-19(28(30)31)20(24-13-25-21)23-11-10-14-8-9-17(33-2)18(12-14)34-3/h4-9,12-13H,10-11H2,1-3H3,(H,27,29)(H2,23,24,25,26). The van der Waals surface area contributed by atoms with Gasteiger partial charge in [-0.15, -0.1) is 0 Å². The van der Waals surface area contributed by atoms with Crippen molar-refractivity contribution in [2.24, 2.45) is 0 Å². The molecule has 0 aliphatic heterocycles. The number of rotatable bonds is 11. The maximum atomic E-state index is 12.5. The van der Waals surface area contributed by atoms with Crippen molar-refractivity contribution in [2.45, 2.75) is 6.42 Å². The van der Waals surface area contributed by atoms with Crippen molar-refractivity contribution in [3.05, 3.63) is 70.0 Å². The lowest BCUT2D eigenvalue weighted by Crippen LogP contribution is -2.30. The van der Waals surface area contributed by atoms with Crippen LogP contribution in [0.1, 0.15) is 15.9 Å². The Kier molecular flexibility index (Phi) is 8.00. The summed E-state index contributed by atoms with van der Waals surface area (Å²) in [6.07, 6.45) is 1.69. The first kappa shape index (κ1) is 24.0. The van der Waals surface area contributed by atoms with Gasteiger partial charge in [0.25, 0.3) is 5.91 Å². The molecule has 178 valence electrons. The number of methoxy groups -OCH3 is 3. The quantitative estimate of drug-likeness (QED) is 0.283. The molecule has 0 unspecified atom stereocenters. The summed E-state index contributed by atoms with van der Waals surface area (Å²) in [7, 11) is 4.54.